The van der Waals surface area contributed by atoms with E-state index in [1.165, 1.54) is 47.7 Å². The first-order valence-corrected chi connectivity index (χ1v) is 24.6. The first-order valence-electron chi connectivity index (χ1n) is 19.3. The Morgan fingerprint density at radius 1 is 0.169 bits per heavy atom. The Labute approximate surface area is 367 Å². The van der Waals surface area contributed by atoms with Crippen LogP contribution in [0.4, 0.5) is 0 Å². The molecule has 0 aliphatic heterocycles. The van der Waals surface area contributed by atoms with Crippen LogP contribution in [-0.4, -0.2) is 0 Å². The molecule has 0 aliphatic carbocycles. The quantitative estimate of drug-likeness (QED) is 0.100. The molecule has 0 aromatic heterocycles. The first kappa shape index (κ1) is 43.7. The van der Waals surface area contributed by atoms with Crippen molar-refractivity contribution in [1.82, 2.24) is 0 Å². The Morgan fingerprint density at radius 2 is 0.254 bits per heavy atom. The molecule has 0 aliphatic rings. The van der Waals surface area contributed by atoms with Crippen molar-refractivity contribution in [3.8, 4) is 0 Å². The van der Waals surface area contributed by atoms with E-state index in [0.717, 1.165) is 0 Å². The fraction of sp³-hybridized carbons (Fsp3) is 0. The second-order valence-electron chi connectivity index (χ2n) is 13.0. The van der Waals surface area contributed by atoms with Crippen molar-refractivity contribution >= 4 is 81.6 Å². The summed E-state index contributed by atoms with van der Waals surface area (Å²) in [5.74, 6) is 0. The van der Waals surface area contributed by atoms with Crippen LogP contribution in [-0.2, 0) is 15.1 Å². The molecule has 0 radical (unpaired) electrons. The van der Waals surface area contributed by atoms with Crippen molar-refractivity contribution in [2.75, 3.05) is 0 Å². The van der Waals surface area contributed by atoms with Crippen molar-refractivity contribution in [3.63, 3.8) is 0 Å². The van der Waals surface area contributed by atoms with Crippen molar-refractivity contribution in [1.29, 1.82) is 0 Å². The number of hydrogen-bond acceptors (Lipinski definition) is 0. The van der Waals surface area contributed by atoms with Crippen molar-refractivity contribution in [2.45, 2.75) is 0 Å². The third kappa shape index (κ3) is 13.0. The molecule has 0 fully saturated rings. The van der Waals surface area contributed by atoms with Crippen LogP contribution < -0.4 is 47.7 Å². The molecule has 59 heavy (non-hydrogen) atoms. The zero-order valence-corrected chi connectivity index (χ0v) is 36.9. The average Bonchev–Trinajstić information content (AvgIpc) is 3.34. The molecule has 0 bridgehead atoms. The van der Waals surface area contributed by atoms with Crippen LogP contribution in [0.15, 0.2) is 273 Å². The fourth-order valence-electron chi connectivity index (χ4n) is 6.54. The molecule has 0 saturated carbocycles. The number of halogens is 1. The predicted molar refractivity (Wildman–Crippen MR) is 261 cm³/mol. The molecule has 0 atom stereocenters. The van der Waals surface area contributed by atoms with Gasteiger partial charge in [-0.15, -0.1) is 0 Å². The second kappa shape index (κ2) is 24.9. The summed E-state index contributed by atoms with van der Waals surface area (Å²) in [6.45, 7) is 0. The number of benzene rings is 9. The summed E-state index contributed by atoms with van der Waals surface area (Å²) in [5, 5.41) is 12.6. The molecule has 0 heterocycles. The maximum atomic E-state index is 4.20. The minimum Gasteiger partial charge on any atom is -0.0622 e. The summed E-state index contributed by atoms with van der Waals surface area (Å²) < 4.78 is 0. The van der Waals surface area contributed by atoms with E-state index in [0.29, 0.717) is 0 Å². The molecular formula is C54H45ClCuP3. The van der Waals surface area contributed by atoms with Gasteiger partial charge in [-0.05, 0) is 71.5 Å². The smallest absolute Gasteiger partial charge is 0.0134 e. The molecular weight excluding hydrogens is 841 g/mol. The van der Waals surface area contributed by atoms with Crippen LogP contribution in [0, 0.1) is 0 Å². The topological polar surface area (TPSA) is 0 Å². The zero-order valence-electron chi connectivity index (χ0n) is 32.5. The normalized spacial score (nSPS) is 10.3. The maximum absolute atomic E-state index is 4.20. The van der Waals surface area contributed by atoms with Crippen molar-refractivity contribution < 1.29 is 15.1 Å². The third-order valence-corrected chi connectivity index (χ3v) is 16.5. The van der Waals surface area contributed by atoms with E-state index in [2.05, 4.69) is 298 Å². The van der Waals surface area contributed by atoms with Crippen LogP contribution in [0.25, 0.3) is 0 Å². The Morgan fingerprint density at radius 3 is 0.339 bits per heavy atom. The van der Waals surface area contributed by atoms with Crippen LogP contribution in [0.3, 0.4) is 0 Å². The Hall–Kier alpha value is -4.92. The third-order valence-electron chi connectivity index (χ3n) is 9.13. The standard InChI is InChI=1S/3C18H15P.ClH.Cu/c3*1-4-10-16(11-5-1)19(17-12-6-2-7-13-17)18-14-8-3-9-15-18;;/h3*1-15H;1H;/q;;;;+1/p-1. The Bertz CT molecular complexity index is 1870. The summed E-state index contributed by atoms with van der Waals surface area (Å²) in [5.41, 5.74) is 0. The Balaban J connectivity index is 0.000000146. The minimum absolute atomic E-state index is 0.446. The first-order chi connectivity index (χ1) is 29.3. The molecule has 0 amide bonds. The van der Waals surface area contributed by atoms with Crippen LogP contribution in [0.5, 0.6) is 0 Å². The van der Waals surface area contributed by atoms with Gasteiger partial charge in [0.1, 0.15) is 0 Å². The van der Waals surface area contributed by atoms with Gasteiger partial charge in [-0.1, -0.05) is 273 Å². The van der Waals surface area contributed by atoms with E-state index in [9.17, 15) is 0 Å². The van der Waals surface area contributed by atoms with Gasteiger partial charge < -0.3 is 0 Å². The van der Waals surface area contributed by atoms with Gasteiger partial charge >= 0.3 is 25.2 Å². The van der Waals surface area contributed by atoms with Gasteiger partial charge in [0, 0.05) is 0 Å². The maximum Gasteiger partial charge on any atom is -0.0134 e. The van der Waals surface area contributed by atoms with E-state index in [-0.39, 0.29) is 0 Å². The summed E-state index contributed by atoms with van der Waals surface area (Å²) >= 11 is 3.66. The largest absolute Gasteiger partial charge is 0.0622 e. The zero-order chi connectivity index (χ0) is 40.7. The summed E-state index contributed by atoms with van der Waals surface area (Å²) in [4.78, 5) is 0. The molecule has 0 spiro atoms. The molecule has 9 aromatic rings. The predicted octanol–water partition coefficient (Wildman–Crippen LogP) is 11.0. The van der Waals surface area contributed by atoms with Crippen LogP contribution in [0.1, 0.15) is 0 Å². The molecule has 0 saturated heterocycles. The van der Waals surface area contributed by atoms with E-state index >= 15 is 0 Å². The van der Waals surface area contributed by atoms with Gasteiger partial charge in [0.2, 0.25) is 0 Å². The van der Waals surface area contributed by atoms with Gasteiger partial charge in [0.15, 0.2) is 0 Å². The molecule has 0 nitrogen and oxygen atoms in total. The SMILES string of the molecule is [Cl][Cu].c1ccc(P(c2ccccc2)c2ccccc2)cc1.c1ccc(P(c2ccccc2)c2ccccc2)cc1.c1ccc(P(c2ccccc2)c2ccccc2)cc1. The van der Waals surface area contributed by atoms with E-state index < -0.39 is 23.8 Å². The van der Waals surface area contributed by atoms with E-state index in [4.69, 9.17) is 0 Å². The van der Waals surface area contributed by atoms with Gasteiger partial charge in [-0.2, -0.15) is 0 Å². The van der Waals surface area contributed by atoms with Crippen LogP contribution in [0.2, 0.25) is 0 Å². The van der Waals surface area contributed by atoms with Gasteiger partial charge in [0.25, 0.3) is 0 Å². The van der Waals surface area contributed by atoms with E-state index in [1.54, 1.807) is 0 Å². The van der Waals surface area contributed by atoms with E-state index in [1.807, 2.05) is 0 Å². The van der Waals surface area contributed by atoms with Crippen molar-refractivity contribution in [3.05, 3.63) is 273 Å². The number of hydrogen-bond donors (Lipinski definition) is 0. The van der Waals surface area contributed by atoms with Crippen LogP contribution >= 0.6 is 33.9 Å². The van der Waals surface area contributed by atoms with Gasteiger partial charge in [-0.25, -0.2) is 0 Å². The molecule has 0 unspecified atom stereocenters. The summed E-state index contributed by atoms with van der Waals surface area (Å²) in [7, 11) is 2.86. The molecule has 9 aromatic carbocycles. The minimum atomic E-state index is -0.446. The van der Waals surface area contributed by atoms with Gasteiger partial charge in [-0.3, -0.25) is 0 Å². The number of rotatable bonds is 9. The average molecular weight is 886 g/mol. The molecule has 9 rings (SSSR count). The van der Waals surface area contributed by atoms with Gasteiger partial charge in [0.05, 0.1) is 0 Å². The summed E-state index contributed by atoms with van der Waals surface area (Å²) in [6.07, 6.45) is 0. The fourth-order valence-corrected chi connectivity index (χ4v) is 13.5. The molecule has 294 valence electrons. The molecule has 5 heteroatoms. The summed E-state index contributed by atoms with van der Waals surface area (Å²) in [6, 6.07) is 97.0. The van der Waals surface area contributed by atoms with Crippen molar-refractivity contribution in [2.24, 2.45) is 0 Å². The Kier molecular flexibility index (Phi) is 18.4. The second-order valence-corrected chi connectivity index (χ2v) is 19.7. The molecule has 0 N–H and O–H groups in total. The monoisotopic (exact) mass is 884 g/mol.